The molecule has 1 aromatic carbocycles. The number of hydrogen-bond acceptors (Lipinski definition) is 2. The maximum absolute atomic E-state index is 5.74. The van der Waals surface area contributed by atoms with Gasteiger partial charge in [-0.15, -0.1) is 11.8 Å². The van der Waals surface area contributed by atoms with Crippen LogP contribution in [0.3, 0.4) is 0 Å². The zero-order valence-electron chi connectivity index (χ0n) is 6.96. The summed E-state index contributed by atoms with van der Waals surface area (Å²) in [5.41, 5.74) is 5.62. The fourth-order valence-corrected chi connectivity index (χ4v) is 1.67. The predicted molar refractivity (Wildman–Crippen MR) is 55.8 cm³/mol. The number of benzene rings is 1. The Morgan fingerprint density at radius 3 is 2.50 bits per heavy atom. The van der Waals surface area contributed by atoms with Crippen LogP contribution in [0.1, 0.15) is 6.92 Å². The van der Waals surface area contributed by atoms with Gasteiger partial charge >= 0.3 is 0 Å². The van der Waals surface area contributed by atoms with Crippen molar-refractivity contribution in [1.82, 2.24) is 0 Å². The van der Waals surface area contributed by atoms with Crippen molar-refractivity contribution in [2.75, 3.05) is 5.75 Å². The zero-order chi connectivity index (χ0) is 8.97. The lowest BCUT2D eigenvalue weighted by atomic mass is 10.4. The summed E-state index contributed by atoms with van der Waals surface area (Å²) in [6.45, 7) is 2.00. The molecule has 0 aliphatic heterocycles. The van der Waals surface area contributed by atoms with Crippen molar-refractivity contribution >= 4 is 23.4 Å². The van der Waals surface area contributed by atoms with E-state index in [0.29, 0.717) is 0 Å². The largest absolute Gasteiger partial charge is 0.327 e. The van der Waals surface area contributed by atoms with Crippen LogP contribution in [-0.2, 0) is 0 Å². The Balaban J connectivity index is 2.48. The summed E-state index contributed by atoms with van der Waals surface area (Å²) in [5, 5.41) is 0.778. The van der Waals surface area contributed by atoms with E-state index >= 15 is 0 Å². The lowest BCUT2D eigenvalue weighted by Gasteiger charge is -2.03. The van der Waals surface area contributed by atoms with Crippen molar-refractivity contribution in [2.24, 2.45) is 5.73 Å². The van der Waals surface area contributed by atoms with Crippen LogP contribution in [0, 0.1) is 0 Å². The Morgan fingerprint density at radius 1 is 1.42 bits per heavy atom. The van der Waals surface area contributed by atoms with E-state index in [9.17, 15) is 0 Å². The molecule has 12 heavy (non-hydrogen) atoms. The molecule has 0 heterocycles. The second-order valence-electron chi connectivity index (χ2n) is 2.74. The molecular weight excluding hydrogens is 190 g/mol. The van der Waals surface area contributed by atoms with Crippen molar-refractivity contribution in [3.8, 4) is 0 Å². The number of hydrogen-bond donors (Lipinski definition) is 1. The molecule has 0 saturated heterocycles. The molecule has 0 fully saturated rings. The van der Waals surface area contributed by atoms with Gasteiger partial charge in [0.05, 0.1) is 0 Å². The summed E-state index contributed by atoms with van der Waals surface area (Å²) >= 11 is 7.49. The average Bonchev–Trinajstić information content (AvgIpc) is 2.03. The van der Waals surface area contributed by atoms with E-state index in [1.54, 1.807) is 11.8 Å². The van der Waals surface area contributed by atoms with Crippen LogP contribution in [0.5, 0.6) is 0 Å². The van der Waals surface area contributed by atoms with Gasteiger partial charge in [-0.2, -0.15) is 0 Å². The third-order valence-electron chi connectivity index (χ3n) is 1.33. The van der Waals surface area contributed by atoms with Crippen LogP contribution < -0.4 is 5.73 Å². The molecule has 1 rings (SSSR count). The van der Waals surface area contributed by atoms with Gasteiger partial charge in [0, 0.05) is 21.7 Å². The monoisotopic (exact) mass is 201 g/mol. The maximum Gasteiger partial charge on any atom is 0.0406 e. The van der Waals surface area contributed by atoms with Crippen molar-refractivity contribution in [1.29, 1.82) is 0 Å². The Labute approximate surface area is 82.3 Å². The van der Waals surface area contributed by atoms with E-state index < -0.39 is 0 Å². The number of thioether (sulfide) groups is 1. The highest BCUT2D eigenvalue weighted by atomic mass is 35.5. The van der Waals surface area contributed by atoms with Crippen molar-refractivity contribution in [3.63, 3.8) is 0 Å². The lowest BCUT2D eigenvalue weighted by Crippen LogP contribution is -2.17. The van der Waals surface area contributed by atoms with Crippen LogP contribution in [0.2, 0.25) is 5.02 Å². The Morgan fingerprint density at radius 2 is 2.00 bits per heavy atom. The second-order valence-corrected chi connectivity index (χ2v) is 4.27. The summed E-state index contributed by atoms with van der Waals surface area (Å²) in [4.78, 5) is 1.22. The molecule has 0 amide bonds. The standard InChI is InChI=1S/C9H12ClNS/c1-7(11)6-12-9-4-2-8(10)3-5-9/h2-5,7H,6,11H2,1H3/t7-/m0/s1. The predicted octanol–water partition coefficient (Wildman–Crippen LogP) is 2.78. The molecule has 0 spiro atoms. The molecule has 0 aliphatic carbocycles. The van der Waals surface area contributed by atoms with E-state index in [-0.39, 0.29) is 6.04 Å². The van der Waals surface area contributed by atoms with E-state index in [1.807, 2.05) is 31.2 Å². The van der Waals surface area contributed by atoms with Gasteiger partial charge in [-0.25, -0.2) is 0 Å². The van der Waals surface area contributed by atoms with E-state index in [1.165, 1.54) is 4.90 Å². The molecule has 2 N–H and O–H groups in total. The summed E-state index contributed by atoms with van der Waals surface area (Å²) in [6, 6.07) is 8.05. The fraction of sp³-hybridized carbons (Fsp3) is 0.333. The lowest BCUT2D eigenvalue weighted by molar-refractivity contribution is 0.847. The van der Waals surface area contributed by atoms with Gasteiger partial charge in [0.15, 0.2) is 0 Å². The molecule has 0 aromatic heterocycles. The quantitative estimate of drug-likeness (QED) is 0.762. The first-order chi connectivity index (χ1) is 5.68. The molecule has 1 aromatic rings. The van der Waals surface area contributed by atoms with Crippen LogP contribution in [-0.4, -0.2) is 11.8 Å². The van der Waals surface area contributed by atoms with Gasteiger partial charge in [0.1, 0.15) is 0 Å². The van der Waals surface area contributed by atoms with Crippen LogP contribution in [0.4, 0.5) is 0 Å². The highest BCUT2D eigenvalue weighted by Gasteiger charge is 1.96. The summed E-state index contributed by atoms with van der Waals surface area (Å²) in [5.74, 6) is 0.946. The SMILES string of the molecule is C[C@H](N)CSc1ccc(Cl)cc1. The molecule has 3 heteroatoms. The van der Waals surface area contributed by atoms with Crippen molar-refractivity contribution in [2.45, 2.75) is 17.9 Å². The van der Waals surface area contributed by atoms with Gasteiger partial charge in [-0.3, -0.25) is 0 Å². The number of halogens is 1. The molecular formula is C9H12ClNS. The maximum atomic E-state index is 5.74. The highest BCUT2D eigenvalue weighted by Crippen LogP contribution is 2.20. The van der Waals surface area contributed by atoms with Crippen molar-refractivity contribution < 1.29 is 0 Å². The van der Waals surface area contributed by atoms with Gasteiger partial charge in [-0.1, -0.05) is 11.6 Å². The third kappa shape index (κ3) is 3.48. The Kier molecular flexibility index (Phi) is 3.92. The fourth-order valence-electron chi connectivity index (χ4n) is 0.758. The van der Waals surface area contributed by atoms with Crippen LogP contribution in [0.25, 0.3) is 0 Å². The molecule has 1 nitrogen and oxygen atoms in total. The second kappa shape index (κ2) is 4.75. The van der Waals surface area contributed by atoms with E-state index in [0.717, 1.165) is 10.8 Å². The number of rotatable bonds is 3. The van der Waals surface area contributed by atoms with Crippen LogP contribution >= 0.6 is 23.4 Å². The zero-order valence-corrected chi connectivity index (χ0v) is 8.53. The van der Waals surface area contributed by atoms with Gasteiger partial charge in [0.25, 0.3) is 0 Å². The molecule has 1 atom stereocenters. The van der Waals surface area contributed by atoms with Gasteiger partial charge < -0.3 is 5.73 Å². The van der Waals surface area contributed by atoms with E-state index in [4.69, 9.17) is 17.3 Å². The first-order valence-corrected chi connectivity index (χ1v) is 5.19. The molecule has 0 aliphatic rings. The highest BCUT2D eigenvalue weighted by molar-refractivity contribution is 7.99. The molecule has 0 radical (unpaired) electrons. The first-order valence-electron chi connectivity index (χ1n) is 3.82. The average molecular weight is 202 g/mol. The summed E-state index contributed by atoms with van der Waals surface area (Å²) < 4.78 is 0. The minimum absolute atomic E-state index is 0.241. The first kappa shape index (κ1) is 9.90. The minimum atomic E-state index is 0.241. The third-order valence-corrected chi connectivity index (χ3v) is 2.88. The van der Waals surface area contributed by atoms with Gasteiger partial charge in [-0.05, 0) is 31.2 Å². The number of nitrogens with two attached hydrogens (primary N) is 1. The topological polar surface area (TPSA) is 26.0 Å². The van der Waals surface area contributed by atoms with Gasteiger partial charge in [0.2, 0.25) is 0 Å². The summed E-state index contributed by atoms with van der Waals surface area (Å²) in [6.07, 6.45) is 0. The van der Waals surface area contributed by atoms with Crippen LogP contribution in [0.15, 0.2) is 29.2 Å². The summed E-state index contributed by atoms with van der Waals surface area (Å²) in [7, 11) is 0. The normalized spacial score (nSPS) is 12.9. The van der Waals surface area contributed by atoms with E-state index in [2.05, 4.69) is 0 Å². The molecule has 0 bridgehead atoms. The smallest absolute Gasteiger partial charge is 0.0406 e. The molecule has 66 valence electrons. The molecule has 0 saturated carbocycles. The van der Waals surface area contributed by atoms with Crippen molar-refractivity contribution in [3.05, 3.63) is 29.3 Å². The minimum Gasteiger partial charge on any atom is -0.327 e. The molecule has 0 unspecified atom stereocenters. The Hall–Kier alpha value is -0.180. The Bertz CT molecular complexity index is 233.